The first-order valence-corrected chi connectivity index (χ1v) is 8.74. The lowest BCUT2D eigenvalue weighted by atomic mass is 10.0. The fraction of sp³-hybridized carbons (Fsp3) is 0.150. The first-order valence-electron chi connectivity index (χ1n) is 8.74. The Morgan fingerprint density at radius 1 is 1.14 bits per heavy atom. The average molecular weight is 391 g/mol. The van der Waals surface area contributed by atoms with Crippen molar-refractivity contribution in [1.29, 1.82) is 0 Å². The fourth-order valence-electron chi connectivity index (χ4n) is 3.09. The number of methoxy groups -OCH3 is 1. The number of esters is 1. The molecule has 2 N–H and O–H groups in total. The van der Waals surface area contributed by atoms with Gasteiger partial charge in [0, 0.05) is 18.1 Å². The predicted molar refractivity (Wildman–Crippen MR) is 103 cm³/mol. The molecule has 1 unspecified atom stereocenters. The van der Waals surface area contributed by atoms with Gasteiger partial charge in [-0.3, -0.25) is 9.59 Å². The Morgan fingerprint density at radius 3 is 2.55 bits per heavy atom. The number of benzene rings is 2. The Morgan fingerprint density at radius 2 is 1.90 bits per heavy atom. The van der Waals surface area contributed by atoms with Crippen LogP contribution in [0.3, 0.4) is 0 Å². The molecule has 9 nitrogen and oxygen atoms in total. The molecular weight excluding hydrogens is 374 g/mol. The van der Waals surface area contributed by atoms with Crippen molar-refractivity contribution in [3.63, 3.8) is 0 Å². The number of rotatable bonds is 4. The number of aliphatic imine (C=N–C) groups is 1. The first-order chi connectivity index (χ1) is 14.0. The van der Waals surface area contributed by atoms with Crippen LogP contribution in [0.4, 0.5) is 0 Å². The lowest BCUT2D eigenvalue weighted by Gasteiger charge is -2.12. The van der Waals surface area contributed by atoms with Gasteiger partial charge in [-0.05, 0) is 18.2 Å². The molecule has 4 rings (SSSR count). The lowest BCUT2D eigenvalue weighted by Crippen LogP contribution is -2.14. The number of fused-ring (bicyclic) bond motifs is 3. The molecule has 0 fully saturated rings. The van der Waals surface area contributed by atoms with Gasteiger partial charge in [0.1, 0.15) is 5.75 Å². The highest BCUT2D eigenvalue weighted by Gasteiger charge is 2.31. The molecule has 2 aromatic carbocycles. The summed E-state index contributed by atoms with van der Waals surface area (Å²) in [6.07, 6.45) is -1.11. The highest BCUT2D eigenvalue weighted by Crippen LogP contribution is 2.32. The molecule has 0 radical (unpaired) electrons. The predicted octanol–water partition coefficient (Wildman–Crippen LogP) is 1.79. The minimum absolute atomic E-state index is 0.173. The Bertz CT molecular complexity index is 1140. The molecular formula is C20H17N5O4. The van der Waals surface area contributed by atoms with Crippen LogP contribution in [0.15, 0.2) is 53.5 Å². The molecule has 3 aromatic rings. The van der Waals surface area contributed by atoms with Gasteiger partial charge in [-0.1, -0.05) is 30.3 Å². The minimum Gasteiger partial charge on any atom is -0.497 e. The third-order valence-corrected chi connectivity index (χ3v) is 4.33. The van der Waals surface area contributed by atoms with Crippen molar-refractivity contribution < 1.29 is 19.1 Å². The van der Waals surface area contributed by atoms with Crippen LogP contribution in [-0.2, 0) is 9.53 Å². The monoisotopic (exact) mass is 391 g/mol. The van der Waals surface area contributed by atoms with Crippen molar-refractivity contribution in [1.82, 2.24) is 14.8 Å². The van der Waals surface area contributed by atoms with E-state index in [1.165, 1.54) is 11.6 Å². The highest BCUT2D eigenvalue weighted by atomic mass is 16.6. The smallest absolute Gasteiger partial charge is 0.304 e. The molecule has 1 aliphatic rings. The van der Waals surface area contributed by atoms with E-state index in [9.17, 15) is 9.59 Å². The van der Waals surface area contributed by atoms with Crippen LogP contribution in [0.2, 0.25) is 0 Å². The van der Waals surface area contributed by atoms with Crippen molar-refractivity contribution in [3.8, 4) is 11.4 Å². The number of hydrogen-bond acceptors (Lipinski definition) is 7. The van der Waals surface area contributed by atoms with Crippen LogP contribution in [0.1, 0.15) is 40.7 Å². The van der Waals surface area contributed by atoms with E-state index >= 15 is 0 Å². The van der Waals surface area contributed by atoms with Crippen molar-refractivity contribution >= 4 is 17.6 Å². The summed E-state index contributed by atoms with van der Waals surface area (Å²) in [5, 5.41) is 4.22. The zero-order chi connectivity index (χ0) is 20.5. The van der Waals surface area contributed by atoms with Crippen LogP contribution in [-0.4, -0.2) is 39.5 Å². The number of carbonyl (C=O) groups excluding carboxylic acids is 2. The van der Waals surface area contributed by atoms with Gasteiger partial charge in [0.05, 0.1) is 18.5 Å². The standard InChI is InChI=1S/C20H17N5O4/c1-11(26)29-20-19-23-18(17(21)27)24-25(19)15-9-8-13(28-2)10-14(15)16(22-20)12-6-4-3-5-7-12/h3-10,20H,1-2H3,(H2,21,27). The van der Waals surface area contributed by atoms with Crippen molar-refractivity contribution in [2.24, 2.45) is 10.7 Å². The maximum Gasteiger partial charge on any atom is 0.304 e. The van der Waals surface area contributed by atoms with Gasteiger partial charge in [-0.15, -0.1) is 5.10 Å². The van der Waals surface area contributed by atoms with E-state index in [-0.39, 0.29) is 11.6 Å². The van der Waals surface area contributed by atoms with E-state index < -0.39 is 18.1 Å². The fourth-order valence-corrected chi connectivity index (χ4v) is 3.09. The number of carbonyl (C=O) groups is 2. The van der Waals surface area contributed by atoms with Gasteiger partial charge < -0.3 is 15.2 Å². The largest absolute Gasteiger partial charge is 0.497 e. The van der Waals surface area contributed by atoms with Gasteiger partial charge in [-0.25, -0.2) is 14.7 Å². The Kier molecular flexibility index (Phi) is 4.55. The van der Waals surface area contributed by atoms with Gasteiger partial charge in [0.15, 0.2) is 5.82 Å². The molecule has 0 spiro atoms. The second kappa shape index (κ2) is 7.19. The normalized spacial score (nSPS) is 14.8. The van der Waals surface area contributed by atoms with E-state index in [2.05, 4.69) is 15.1 Å². The second-order valence-electron chi connectivity index (χ2n) is 6.26. The quantitative estimate of drug-likeness (QED) is 0.677. The maximum absolute atomic E-state index is 11.7. The number of ether oxygens (including phenoxy) is 2. The molecule has 146 valence electrons. The summed E-state index contributed by atoms with van der Waals surface area (Å²) in [5.74, 6) is -0.766. The van der Waals surface area contributed by atoms with Crippen molar-refractivity contribution in [2.45, 2.75) is 13.2 Å². The summed E-state index contributed by atoms with van der Waals surface area (Å²) in [6.45, 7) is 1.27. The Labute approximate surface area is 165 Å². The van der Waals surface area contributed by atoms with Gasteiger partial charge in [0.25, 0.3) is 12.1 Å². The van der Waals surface area contributed by atoms with Gasteiger partial charge >= 0.3 is 5.97 Å². The topological polar surface area (TPSA) is 122 Å². The van der Waals surface area contributed by atoms with Crippen LogP contribution >= 0.6 is 0 Å². The average Bonchev–Trinajstić information content (AvgIpc) is 3.12. The van der Waals surface area contributed by atoms with Gasteiger partial charge in [-0.2, -0.15) is 0 Å². The summed E-state index contributed by atoms with van der Waals surface area (Å²) in [4.78, 5) is 32.2. The number of amides is 1. The van der Waals surface area contributed by atoms with E-state index in [1.807, 2.05) is 30.3 Å². The molecule has 1 atom stereocenters. The van der Waals surface area contributed by atoms with E-state index in [0.717, 1.165) is 5.56 Å². The summed E-state index contributed by atoms with van der Waals surface area (Å²) in [6, 6.07) is 14.8. The first kappa shape index (κ1) is 18.4. The highest BCUT2D eigenvalue weighted by molar-refractivity contribution is 6.15. The molecule has 9 heteroatoms. The zero-order valence-electron chi connectivity index (χ0n) is 15.7. The molecule has 29 heavy (non-hydrogen) atoms. The van der Waals surface area contributed by atoms with Crippen LogP contribution in [0.25, 0.3) is 5.69 Å². The van der Waals surface area contributed by atoms with E-state index in [4.69, 9.17) is 15.2 Å². The molecule has 1 amide bonds. The SMILES string of the molecule is COc1ccc2c(c1)C(c1ccccc1)=NC(OC(C)=O)c1nc(C(N)=O)nn1-2. The molecule has 2 heterocycles. The summed E-state index contributed by atoms with van der Waals surface area (Å²) >= 11 is 0. The van der Waals surface area contributed by atoms with Crippen LogP contribution in [0.5, 0.6) is 5.75 Å². The lowest BCUT2D eigenvalue weighted by molar-refractivity contribution is -0.146. The number of nitrogens with zero attached hydrogens (tertiary/aromatic N) is 4. The third kappa shape index (κ3) is 3.33. The van der Waals surface area contributed by atoms with Crippen molar-refractivity contribution in [2.75, 3.05) is 7.11 Å². The molecule has 0 aliphatic carbocycles. The third-order valence-electron chi connectivity index (χ3n) is 4.33. The van der Waals surface area contributed by atoms with Crippen LogP contribution in [0, 0.1) is 0 Å². The molecule has 0 bridgehead atoms. The number of nitrogens with two attached hydrogens (primary N) is 1. The number of hydrogen-bond donors (Lipinski definition) is 1. The van der Waals surface area contributed by atoms with Crippen molar-refractivity contribution in [3.05, 3.63) is 71.3 Å². The zero-order valence-corrected chi connectivity index (χ0v) is 15.7. The maximum atomic E-state index is 11.7. The molecule has 0 saturated carbocycles. The Hall–Kier alpha value is -4.01. The molecule has 1 aromatic heterocycles. The summed E-state index contributed by atoms with van der Waals surface area (Å²) in [7, 11) is 1.56. The summed E-state index contributed by atoms with van der Waals surface area (Å²) < 4.78 is 12.2. The molecule has 1 aliphatic heterocycles. The Balaban J connectivity index is 2.03. The van der Waals surface area contributed by atoms with Gasteiger partial charge in [0.2, 0.25) is 5.82 Å². The van der Waals surface area contributed by atoms with Crippen LogP contribution < -0.4 is 10.5 Å². The summed E-state index contributed by atoms with van der Waals surface area (Å²) in [5.41, 5.74) is 8.00. The molecule has 0 saturated heterocycles. The number of aromatic nitrogens is 3. The minimum atomic E-state index is -1.11. The van der Waals surface area contributed by atoms with E-state index in [1.54, 1.807) is 25.3 Å². The van der Waals surface area contributed by atoms with E-state index in [0.29, 0.717) is 22.7 Å². The number of primary amides is 1. The second-order valence-corrected chi connectivity index (χ2v) is 6.26.